The Morgan fingerprint density at radius 3 is 2.73 bits per heavy atom. The first-order chi connectivity index (χ1) is 14.5. The summed E-state index contributed by atoms with van der Waals surface area (Å²) in [5, 5.41) is 9.19. The van der Waals surface area contributed by atoms with Crippen molar-refractivity contribution in [3.8, 4) is 17.2 Å². The lowest BCUT2D eigenvalue weighted by atomic mass is 10.0. The molecule has 0 radical (unpaired) electrons. The number of benzene rings is 2. The van der Waals surface area contributed by atoms with Crippen molar-refractivity contribution in [1.82, 2.24) is 9.88 Å². The topological polar surface area (TPSA) is 75.8 Å². The first kappa shape index (κ1) is 20.2. The number of rotatable bonds is 8. The van der Waals surface area contributed by atoms with E-state index in [1.165, 1.54) is 5.56 Å². The van der Waals surface area contributed by atoms with Gasteiger partial charge in [-0.2, -0.15) is 0 Å². The van der Waals surface area contributed by atoms with E-state index in [0.29, 0.717) is 31.9 Å². The van der Waals surface area contributed by atoms with Crippen LogP contribution in [-0.4, -0.2) is 40.2 Å². The van der Waals surface area contributed by atoms with Gasteiger partial charge in [-0.05, 0) is 50.1 Å². The highest BCUT2D eigenvalue weighted by molar-refractivity contribution is 5.74. The zero-order valence-electron chi connectivity index (χ0n) is 17.3. The summed E-state index contributed by atoms with van der Waals surface area (Å²) in [5.41, 5.74) is 4.11. The molecule has 0 aliphatic carbocycles. The van der Waals surface area contributed by atoms with Crippen molar-refractivity contribution in [1.29, 1.82) is 0 Å². The zero-order chi connectivity index (χ0) is 21.1. The number of likely N-dealkylation sites (tertiary alicyclic amines) is 1. The molecule has 0 saturated carbocycles. The molecule has 3 aromatic rings. The summed E-state index contributed by atoms with van der Waals surface area (Å²) >= 11 is 0. The largest absolute Gasteiger partial charge is 0.493 e. The average molecular weight is 406 g/mol. The maximum absolute atomic E-state index is 11.2. The van der Waals surface area contributed by atoms with Crippen molar-refractivity contribution in [2.24, 2.45) is 0 Å². The van der Waals surface area contributed by atoms with Gasteiger partial charge in [0.25, 0.3) is 0 Å². The number of carboxylic acids is 1. The molecule has 1 N–H and O–H groups in total. The maximum Gasteiger partial charge on any atom is 0.320 e. The molecule has 2 heterocycles. The standard InChI is InChI=1S/C24H26N2O4/c1-16-6-8-19(9-7-16)23-25-21(17(2)30-23)11-13-29-20-5-3-4-18(14-20)15-26-12-10-22(26)24(27)28/h3-9,14,22H,10-13,15H2,1-2H3,(H,27,28). The van der Waals surface area contributed by atoms with Gasteiger partial charge in [-0.3, -0.25) is 9.69 Å². The normalized spacial score (nSPS) is 16.3. The molecule has 30 heavy (non-hydrogen) atoms. The summed E-state index contributed by atoms with van der Waals surface area (Å²) in [4.78, 5) is 17.8. The van der Waals surface area contributed by atoms with E-state index in [1.807, 2.05) is 60.4 Å². The van der Waals surface area contributed by atoms with Gasteiger partial charge in [-0.25, -0.2) is 4.98 Å². The summed E-state index contributed by atoms with van der Waals surface area (Å²) < 4.78 is 11.8. The SMILES string of the molecule is Cc1ccc(-c2nc(CCOc3cccc(CN4CCC4C(=O)O)c3)c(C)o2)cc1. The average Bonchev–Trinajstić information content (AvgIpc) is 3.06. The molecule has 0 amide bonds. The number of aryl methyl sites for hydroxylation is 2. The van der Waals surface area contributed by atoms with Gasteiger partial charge >= 0.3 is 5.97 Å². The van der Waals surface area contributed by atoms with E-state index in [-0.39, 0.29) is 6.04 Å². The first-order valence-corrected chi connectivity index (χ1v) is 10.2. The van der Waals surface area contributed by atoms with Gasteiger partial charge in [0.2, 0.25) is 5.89 Å². The van der Waals surface area contributed by atoms with E-state index in [9.17, 15) is 9.90 Å². The Morgan fingerprint density at radius 1 is 1.23 bits per heavy atom. The number of hydrogen-bond acceptors (Lipinski definition) is 5. The van der Waals surface area contributed by atoms with Crippen LogP contribution >= 0.6 is 0 Å². The third kappa shape index (κ3) is 4.54. The minimum atomic E-state index is -0.748. The molecule has 156 valence electrons. The molecular weight excluding hydrogens is 380 g/mol. The first-order valence-electron chi connectivity index (χ1n) is 10.2. The fourth-order valence-corrected chi connectivity index (χ4v) is 3.62. The van der Waals surface area contributed by atoms with Crippen LogP contribution in [0.4, 0.5) is 0 Å². The van der Waals surface area contributed by atoms with Crippen LogP contribution in [0.2, 0.25) is 0 Å². The van der Waals surface area contributed by atoms with Crippen molar-refractivity contribution in [3.05, 3.63) is 71.1 Å². The second-order valence-electron chi connectivity index (χ2n) is 7.75. The van der Waals surface area contributed by atoms with Crippen LogP contribution in [0.3, 0.4) is 0 Å². The minimum absolute atomic E-state index is 0.368. The highest BCUT2D eigenvalue weighted by atomic mass is 16.5. The molecule has 1 unspecified atom stereocenters. The molecule has 1 aromatic heterocycles. The van der Waals surface area contributed by atoms with Crippen LogP contribution in [0.1, 0.15) is 29.0 Å². The number of carboxylic acid groups (broad SMARTS) is 1. The monoisotopic (exact) mass is 406 g/mol. The van der Waals surface area contributed by atoms with Crippen LogP contribution in [0.15, 0.2) is 52.9 Å². The van der Waals surface area contributed by atoms with Gasteiger partial charge in [-0.15, -0.1) is 0 Å². The van der Waals surface area contributed by atoms with Crippen LogP contribution in [0, 0.1) is 13.8 Å². The van der Waals surface area contributed by atoms with E-state index >= 15 is 0 Å². The Labute approximate surface area is 176 Å². The molecule has 0 bridgehead atoms. The molecule has 1 aliphatic rings. The number of hydrogen-bond donors (Lipinski definition) is 1. The number of nitrogens with zero attached hydrogens (tertiary/aromatic N) is 2. The Morgan fingerprint density at radius 2 is 2.03 bits per heavy atom. The van der Waals surface area contributed by atoms with Crippen molar-refractivity contribution < 1.29 is 19.1 Å². The van der Waals surface area contributed by atoms with Gasteiger partial charge < -0.3 is 14.3 Å². The van der Waals surface area contributed by atoms with E-state index in [4.69, 9.17) is 9.15 Å². The third-order valence-electron chi connectivity index (χ3n) is 5.50. The fraction of sp³-hybridized carbons (Fsp3) is 0.333. The van der Waals surface area contributed by atoms with E-state index < -0.39 is 5.97 Å². The Bertz CT molecular complexity index is 1030. The van der Waals surface area contributed by atoms with Crippen LogP contribution < -0.4 is 4.74 Å². The summed E-state index contributed by atoms with van der Waals surface area (Å²) in [5.74, 6) is 1.47. The highest BCUT2D eigenvalue weighted by Gasteiger charge is 2.33. The lowest BCUT2D eigenvalue weighted by Gasteiger charge is -2.37. The Kier molecular flexibility index (Phi) is 5.86. The quantitative estimate of drug-likeness (QED) is 0.603. The summed E-state index contributed by atoms with van der Waals surface area (Å²) in [6, 6.07) is 15.6. The predicted molar refractivity (Wildman–Crippen MR) is 114 cm³/mol. The van der Waals surface area contributed by atoms with E-state index in [2.05, 4.69) is 11.9 Å². The number of aliphatic carboxylic acids is 1. The van der Waals surface area contributed by atoms with Gasteiger partial charge in [0.1, 0.15) is 17.6 Å². The van der Waals surface area contributed by atoms with E-state index in [1.54, 1.807) is 0 Å². The second-order valence-corrected chi connectivity index (χ2v) is 7.75. The lowest BCUT2D eigenvalue weighted by molar-refractivity contribution is -0.148. The smallest absolute Gasteiger partial charge is 0.320 e. The number of carbonyl (C=O) groups is 1. The molecule has 4 rings (SSSR count). The second kappa shape index (κ2) is 8.71. The molecule has 1 aliphatic heterocycles. The fourth-order valence-electron chi connectivity index (χ4n) is 3.62. The maximum atomic E-state index is 11.2. The molecule has 6 nitrogen and oxygen atoms in total. The number of oxazole rings is 1. The van der Waals surface area contributed by atoms with Gasteiger partial charge in [-0.1, -0.05) is 29.8 Å². The predicted octanol–water partition coefficient (Wildman–Crippen LogP) is 4.24. The third-order valence-corrected chi connectivity index (χ3v) is 5.50. The molecule has 6 heteroatoms. The van der Waals surface area contributed by atoms with Crippen LogP contribution in [0.5, 0.6) is 5.75 Å². The summed E-state index contributed by atoms with van der Waals surface area (Å²) in [6.07, 6.45) is 1.37. The van der Waals surface area contributed by atoms with Crippen molar-refractivity contribution in [3.63, 3.8) is 0 Å². The summed E-state index contributed by atoms with van der Waals surface area (Å²) in [6.45, 7) is 5.90. The number of ether oxygens (including phenoxy) is 1. The van der Waals surface area contributed by atoms with Crippen LogP contribution in [0.25, 0.3) is 11.5 Å². The minimum Gasteiger partial charge on any atom is -0.493 e. The highest BCUT2D eigenvalue weighted by Crippen LogP contribution is 2.24. The molecule has 0 spiro atoms. The van der Waals surface area contributed by atoms with Gasteiger partial charge in [0.05, 0.1) is 12.3 Å². The Balaban J connectivity index is 1.33. The molecule has 1 atom stereocenters. The summed E-state index contributed by atoms with van der Waals surface area (Å²) in [7, 11) is 0. The van der Waals surface area contributed by atoms with Crippen molar-refractivity contribution in [2.75, 3.05) is 13.2 Å². The van der Waals surface area contributed by atoms with Gasteiger partial charge in [0.15, 0.2) is 0 Å². The van der Waals surface area contributed by atoms with Crippen molar-refractivity contribution >= 4 is 5.97 Å². The lowest BCUT2D eigenvalue weighted by Crippen LogP contribution is -2.51. The molecule has 1 saturated heterocycles. The Hall–Kier alpha value is -3.12. The van der Waals surface area contributed by atoms with Crippen LogP contribution in [-0.2, 0) is 17.8 Å². The number of aromatic nitrogens is 1. The molecule has 1 fully saturated rings. The van der Waals surface area contributed by atoms with E-state index in [0.717, 1.165) is 34.9 Å². The zero-order valence-corrected chi connectivity index (χ0v) is 17.3. The molecular formula is C24H26N2O4. The van der Waals surface area contributed by atoms with Crippen molar-refractivity contribution in [2.45, 2.75) is 39.3 Å². The van der Waals surface area contributed by atoms with Gasteiger partial charge in [0, 0.05) is 25.1 Å². The molecule has 2 aromatic carbocycles.